The van der Waals surface area contributed by atoms with E-state index in [0.717, 1.165) is 0 Å². The molecule has 3 rings (SSSR count). The van der Waals surface area contributed by atoms with Crippen molar-refractivity contribution in [3.05, 3.63) is 47.5 Å². The molecule has 1 aliphatic rings. The van der Waals surface area contributed by atoms with Crippen LogP contribution in [0.15, 0.2) is 47.4 Å². The van der Waals surface area contributed by atoms with Crippen molar-refractivity contribution in [3.63, 3.8) is 0 Å². The number of sulfonamides is 1. The van der Waals surface area contributed by atoms with Crippen molar-refractivity contribution in [1.29, 1.82) is 0 Å². The summed E-state index contributed by atoms with van der Waals surface area (Å²) in [5.41, 5.74) is 0.449. The Hall–Kier alpha value is -2.29. The third-order valence-electron chi connectivity index (χ3n) is 4.60. The zero-order valence-corrected chi connectivity index (χ0v) is 17.1. The Kier molecular flexibility index (Phi) is 6.12. The molecule has 0 radical (unpaired) electrons. The molecule has 1 saturated heterocycles. The largest absolute Gasteiger partial charge is 0.493 e. The molecular weight excluding hydrogens is 404 g/mol. The van der Waals surface area contributed by atoms with Gasteiger partial charge in [-0.25, -0.2) is 8.42 Å². The first-order chi connectivity index (χ1) is 13.4. The van der Waals surface area contributed by atoms with Crippen LogP contribution in [0.25, 0.3) is 0 Å². The van der Waals surface area contributed by atoms with Crippen LogP contribution < -0.4 is 14.8 Å². The van der Waals surface area contributed by atoms with Gasteiger partial charge in [-0.15, -0.1) is 0 Å². The zero-order chi connectivity index (χ0) is 20.3. The van der Waals surface area contributed by atoms with Gasteiger partial charge < -0.3 is 14.8 Å². The van der Waals surface area contributed by atoms with Crippen molar-refractivity contribution in [2.45, 2.75) is 23.8 Å². The molecule has 0 bridgehead atoms. The van der Waals surface area contributed by atoms with E-state index < -0.39 is 22.0 Å². The van der Waals surface area contributed by atoms with Crippen LogP contribution in [-0.2, 0) is 14.8 Å². The number of ether oxygens (including phenoxy) is 2. The van der Waals surface area contributed by atoms with Gasteiger partial charge in [-0.05, 0) is 37.1 Å². The Bertz CT molecular complexity index is 980. The van der Waals surface area contributed by atoms with Crippen molar-refractivity contribution >= 4 is 33.2 Å². The fourth-order valence-corrected chi connectivity index (χ4v) is 5.04. The third-order valence-corrected chi connectivity index (χ3v) is 6.83. The SMILES string of the molecule is COc1ccc(S(=O)(=O)N2CCCC2C(=O)Nc2ccccc2Cl)cc1OC. The van der Waals surface area contributed by atoms with E-state index in [1.54, 1.807) is 24.3 Å². The monoisotopic (exact) mass is 424 g/mol. The molecule has 0 aromatic heterocycles. The van der Waals surface area contributed by atoms with E-state index in [9.17, 15) is 13.2 Å². The highest BCUT2D eigenvalue weighted by molar-refractivity contribution is 7.89. The third kappa shape index (κ3) is 3.94. The molecule has 150 valence electrons. The topological polar surface area (TPSA) is 84.9 Å². The van der Waals surface area contributed by atoms with Crippen LogP contribution in [0, 0.1) is 0 Å². The number of halogens is 1. The number of benzene rings is 2. The fraction of sp³-hybridized carbons (Fsp3) is 0.316. The first-order valence-corrected chi connectivity index (χ1v) is 10.5. The van der Waals surface area contributed by atoms with E-state index in [-0.39, 0.29) is 11.4 Å². The van der Waals surface area contributed by atoms with Crippen molar-refractivity contribution in [1.82, 2.24) is 4.31 Å². The minimum absolute atomic E-state index is 0.0441. The molecule has 1 amide bonds. The van der Waals surface area contributed by atoms with E-state index >= 15 is 0 Å². The smallest absolute Gasteiger partial charge is 0.243 e. The Morgan fingerprint density at radius 3 is 2.54 bits per heavy atom. The molecule has 1 aliphatic heterocycles. The molecule has 1 heterocycles. The maximum atomic E-state index is 13.2. The van der Waals surface area contributed by atoms with E-state index in [1.165, 1.54) is 36.7 Å². The second-order valence-corrected chi connectivity index (χ2v) is 8.56. The van der Waals surface area contributed by atoms with Gasteiger partial charge in [0.15, 0.2) is 11.5 Å². The Morgan fingerprint density at radius 2 is 1.86 bits per heavy atom. The number of hydrogen-bond donors (Lipinski definition) is 1. The first-order valence-electron chi connectivity index (χ1n) is 8.67. The summed E-state index contributed by atoms with van der Waals surface area (Å²) in [7, 11) is -0.981. The summed E-state index contributed by atoms with van der Waals surface area (Å²) < 4.78 is 37.9. The summed E-state index contributed by atoms with van der Waals surface area (Å²) >= 11 is 6.09. The molecule has 28 heavy (non-hydrogen) atoms. The maximum absolute atomic E-state index is 13.2. The van der Waals surface area contributed by atoms with Gasteiger partial charge in [-0.1, -0.05) is 23.7 Å². The van der Waals surface area contributed by atoms with Crippen molar-refractivity contribution in [2.75, 3.05) is 26.1 Å². The predicted octanol–water partition coefficient (Wildman–Crippen LogP) is 3.15. The lowest BCUT2D eigenvalue weighted by atomic mass is 10.2. The highest BCUT2D eigenvalue weighted by Gasteiger charge is 2.39. The highest BCUT2D eigenvalue weighted by Crippen LogP contribution is 2.33. The van der Waals surface area contributed by atoms with Gasteiger partial charge in [-0.2, -0.15) is 4.31 Å². The zero-order valence-electron chi connectivity index (χ0n) is 15.5. The number of hydrogen-bond acceptors (Lipinski definition) is 5. The molecule has 9 heteroatoms. The summed E-state index contributed by atoms with van der Waals surface area (Å²) in [6.07, 6.45) is 1.02. The molecule has 2 aromatic carbocycles. The van der Waals surface area contributed by atoms with E-state index in [0.29, 0.717) is 35.1 Å². The molecule has 1 atom stereocenters. The van der Waals surface area contributed by atoms with Gasteiger partial charge in [0.2, 0.25) is 15.9 Å². The molecule has 1 N–H and O–H groups in total. The Labute approximate surface area is 169 Å². The van der Waals surface area contributed by atoms with Crippen LogP contribution in [0.1, 0.15) is 12.8 Å². The van der Waals surface area contributed by atoms with Crippen molar-refractivity contribution in [3.8, 4) is 11.5 Å². The number of rotatable bonds is 6. The number of carbonyl (C=O) groups excluding carboxylic acids is 1. The number of carbonyl (C=O) groups is 1. The molecule has 1 fully saturated rings. The number of nitrogens with zero attached hydrogens (tertiary/aromatic N) is 1. The van der Waals surface area contributed by atoms with Gasteiger partial charge in [0.1, 0.15) is 6.04 Å². The molecular formula is C19H21ClN2O5S. The van der Waals surface area contributed by atoms with Gasteiger partial charge in [-0.3, -0.25) is 4.79 Å². The lowest BCUT2D eigenvalue weighted by molar-refractivity contribution is -0.119. The maximum Gasteiger partial charge on any atom is 0.243 e. The van der Waals surface area contributed by atoms with Crippen LogP contribution in [0.2, 0.25) is 5.02 Å². The molecule has 7 nitrogen and oxygen atoms in total. The minimum Gasteiger partial charge on any atom is -0.493 e. The number of amides is 1. The molecule has 0 saturated carbocycles. The van der Waals surface area contributed by atoms with E-state index in [1.807, 2.05) is 0 Å². The van der Waals surface area contributed by atoms with Gasteiger partial charge in [0.05, 0.1) is 29.8 Å². The quantitative estimate of drug-likeness (QED) is 0.769. The van der Waals surface area contributed by atoms with Gasteiger partial charge >= 0.3 is 0 Å². The Morgan fingerprint density at radius 1 is 1.14 bits per heavy atom. The molecule has 0 aliphatic carbocycles. The van der Waals surface area contributed by atoms with Crippen molar-refractivity contribution in [2.24, 2.45) is 0 Å². The summed E-state index contributed by atoms with van der Waals surface area (Å²) in [5.74, 6) is 0.324. The fourth-order valence-electron chi connectivity index (χ4n) is 3.18. The van der Waals surface area contributed by atoms with Crippen LogP contribution in [0.5, 0.6) is 11.5 Å². The second-order valence-electron chi connectivity index (χ2n) is 6.26. The standard InChI is InChI=1S/C19H21ClN2O5S/c1-26-17-10-9-13(12-18(17)27-2)28(24,25)22-11-5-8-16(22)19(23)21-15-7-4-3-6-14(15)20/h3-4,6-7,9-10,12,16H,5,8,11H2,1-2H3,(H,21,23). The normalized spacial score (nSPS) is 17.3. The summed E-state index contributed by atoms with van der Waals surface area (Å²) in [5, 5.41) is 3.12. The van der Waals surface area contributed by atoms with Gasteiger partial charge in [0, 0.05) is 12.6 Å². The first kappa shape index (κ1) is 20.4. The van der Waals surface area contributed by atoms with E-state index in [2.05, 4.69) is 5.32 Å². The van der Waals surface area contributed by atoms with Crippen LogP contribution in [0.3, 0.4) is 0 Å². The minimum atomic E-state index is -3.89. The van der Waals surface area contributed by atoms with Crippen molar-refractivity contribution < 1.29 is 22.7 Å². The molecule has 0 spiro atoms. The second kappa shape index (κ2) is 8.38. The number of nitrogens with one attached hydrogen (secondary N) is 1. The van der Waals surface area contributed by atoms with E-state index in [4.69, 9.17) is 21.1 Å². The number of methoxy groups -OCH3 is 2. The number of para-hydroxylation sites is 1. The summed E-state index contributed by atoms with van der Waals surface area (Å²) in [6, 6.07) is 10.4. The summed E-state index contributed by atoms with van der Waals surface area (Å²) in [4.78, 5) is 12.8. The average Bonchev–Trinajstić information content (AvgIpc) is 3.20. The lowest BCUT2D eigenvalue weighted by Crippen LogP contribution is -2.43. The predicted molar refractivity (Wildman–Crippen MR) is 107 cm³/mol. The Balaban J connectivity index is 1.87. The van der Waals surface area contributed by atoms with Gasteiger partial charge in [0.25, 0.3) is 0 Å². The van der Waals surface area contributed by atoms with Crippen LogP contribution in [0.4, 0.5) is 5.69 Å². The van der Waals surface area contributed by atoms with Crippen LogP contribution in [-0.4, -0.2) is 45.4 Å². The average molecular weight is 425 g/mol. The summed E-state index contributed by atoms with van der Waals surface area (Å²) in [6.45, 7) is 0.261. The number of anilines is 1. The molecule has 1 unspecified atom stereocenters. The van der Waals surface area contributed by atoms with Crippen LogP contribution >= 0.6 is 11.6 Å². The highest BCUT2D eigenvalue weighted by atomic mass is 35.5. The molecule has 2 aromatic rings. The lowest BCUT2D eigenvalue weighted by Gasteiger charge is -2.24.